The molecule has 0 fully saturated rings. The molecule has 0 aliphatic rings. The molecule has 6 N–H and O–H groups in total. The molecule has 0 heterocycles. The SMILES string of the molecule is NC(CS)C(=O)OP(=O)(OC(=O)C(N)CS)OC(=O)C(N)CS. The third-order valence-corrected chi connectivity index (χ3v) is 4.49. The van der Waals surface area contributed by atoms with E-state index in [4.69, 9.17) is 17.2 Å². The number of rotatable bonds is 9. The molecule has 10 nitrogen and oxygen atoms in total. The van der Waals surface area contributed by atoms with Crippen LogP contribution >= 0.6 is 45.7 Å². The van der Waals surface area contributed by atoms with Crippen LogP contribution in [-0.4, -0.2) is 53.3 Å². The van der Waals surface area contributed by atoms with Crippen molar-refractivity contribution in [2.45, 2.75) is 18.1 Å². The fraction of sp³-hybridized carbons (Fsp3) is 0.667. The summed E-state index contributed by atoms with van der Waals surface area (Å²) in [7, 11) is -4.98. The minimum Gasteiger partial charge on any atom is -0.350 e. The molecule has 3 atom stereocenters. The van der Waals surface area contributed by atoms with Gasteiger partial charge in [0.2, 0.25) is 0 Å². The second-order valence-corrected chi connectivity index (χ2v) is 6.58. The van der Waals surface area contributed by atoms with E-state index in [-0.39, 0.29) is 17.3 Å². The van der Waals surface area contributed by atoms with Crippen molar-refractivity contribution in [1.82, 2.24) is 0 Å². The van der Waals surface area contributed by atoms with Gasteiger partial charge in [0.1, 0.15) is 18.1 Å². The highest BCUT2D eigenvalue weighted by atomic mass is 32.1. The fourth-order valence-corrected chi connectivity index (χ4v) is 2.44. The molecule has 0 aliphatic carbocycles. The van der Waals surface area contributed by atoms with Crippen LogP contribution in [0.4, 0.5) is 0 Å². The molecule has 0 bridgehead atoms. The predicted molar refractivity (Wildman–Crippen MR) is 91.4 cm³/mol. The van der Waals surface area contributed by atoms with Crippen LogP contribution < -0.4 is 17.2 Å². The Morgan fingerprint density at radius 2 is 0.957 bits per heavy atom. The predicted octanol–water partition coefficient (Wildman–Crippen LogP) is -1.50. The number of carbonyl (C=O) groups is 3. The number of thiol groups is 3. The Morgan fingerprint density at radius 3 is 1.13 bits per heavy atom. The molecule has 0 rings (SSSR count). The first kappa shape index (κ1) is 22.6. The maximum absolute atomic E-state index is 12.3. The maximum atomic E-state index is 12.3. The highest BCUT2D eigenvalue weighted by molar-refractivity contribution is 7.80. The summed E-state index contributed by atoms with van der Waals surface area (Å²) in [5, 5.41) is 0. The van der Waals surface area contributed by atoms with Crippen molar-refractivity contribution in [2.75, 3.05) is 17.3 Å². The monoisotopic (exact) mass is 407 g/mol. The van der Waals surface area contributed by atoms with Gasteiger partial charge in [0.05, 0.1) is 0 Å². The van der Waals surface area contributed by atoms with Gasteiger partial charge in [-0.1, -0.05) is 0 Å². The molecule has 3 unspecified atom stereocenters. The van der Waals surface area contributed by atoms with Gasteiger partial charge in [-0.25, -0.2) is 14.4 Å². The summed E-state index contributed by atoms with van der Waals surface area (Å²) >= 11 is 11.2. The lowest BCUT2D eigenvalue weighted by molar-refractivity contribution is -0.145. The molecular formula is C9H18N3O7PS3. The Balaban J connectivity index is 5.26. The maximum Gasteiger partial charge on any atom is 0.653 e. The summed E-state index contributed by atoms with van der Waals surface area (Å²) in [6, 6.07) is -3.87. The molecule has 0 aromatic carbocycles. The Bertz CT molecular complexity index is 428. The second kappa shape index (κ2) is 10.4. The van der Waals surface area contributed by atoms with Crippen LogP contribution in [-0.2, 0) is 32.5 Å². The number of phosphoric ester groups is 1. The van der Waals surface area contributed by atoms with Crippen molar-refractivity contribution in [3.63, 3.8) is 0 Å². The lowest BCUT2D eigenvalue weighted by Crippen LogP contribution is -2.38. The van der Waals surface area contributed by atoms with Crippen molar-refractivity contribution in [1.29, 1.82) is 0 Å². The topological polar surface area (TPSA) is 174 Å². The Morgan fingerprint density at radius 1 is 0.739 bits per heavy atom. The van der Waals surface area contributed by atoms with E-state index in [2.05, 4.69) is 51.5 Å². The highest BCUT2D eigenvalue weighted by Crippen LogP contribution is 2.50. The van der Waals surface area contributed by atoms with Crippen LogP contribution in [0.3, 0.4) is 0 Å². The second-order valence-electron chi connectivity index (χ2n) is 4.05. The average molecular weight is 407 g/mol. The van der Waals surface area contributed by atoms with E-state index in [9.17, 15) is 18.9 Å². The van der Waals surface area contributed by atoms with Gasteiger partial charge in [0, 0.05) is 17.3 Å². The van der Waals surface area contributed by atoms with Crippen molar-refractivity contribution in [2.24, 2.45) is 17.2 Å². The van der Waals surface area contributed by atoms with E-state index in [1.807, 2.05) is 0 Å². The van der Waals surface area contributed by atoms with Crippen LogP contribution in [0.5, 0.6) is 0 Å². The summed E-state index contributed by atoms with van der Waals surface area (Å²) in [6.07, 6.45) is 0. The minimum absolute atomic E-state index is 0.160. The summed E-state index contributed by atoms with van der Waals surface area (Å²) in [4.78, 5) is 34.8. The molecule has 0 radical (unpaired) electrons. The molecule has 0 aromatic heterocycles. The van der Waals surface area contributed by atoms with E-state index < -0.39 is 43.9 Å². The van der Waals surface area contributed by atoms with Crippen LogP contribution in [0.25, 0.3) is 0 Å². The summed E-state index contributed by atoms with van der Waals surface area (Å²) in [6.45, 7) is 0. The lowest BCUT2D eigenvalue weighted by atomic mass is 10.4. The molecule has 14 heteroatoms. The van der Waals surface area contributed by atoms with Gasteiger partial charge in [0.25, 0.3) is 0 Å². The number of phosphoric acid groups is 1. The third-order valence-electron chi connectivity index (χ3n) is 2.10. The zero-order chi connectivity index (χ0) is 18.2. The van der Waals surface area contributed by atoms with Crippen LogP contribution in [0, 0.1) is 0 Å². The van der Waals surface area contributed by atoms with Crippen LogP contribution in [0.15, 0.2) is 0 Å². The molecule has 0 spiro atoms. The molecule has 0 aromatic rings. The Kier molecular flexibility index (Phi) is 10.2. The summed E-state index contributed by atoms with van der Waals surface area (Å²) in [5.41, 5.74) is 16.0. The molecule has 0 saturated carbocycles. The van der Waals surface area contributed by atoms with Gasteiger partial charge < -0.3 is 30.8 Å². The molecule has 0 amide bonds. The van der Waals surface area contributed by atoms with Gasteiger partial charge in [0.15, 0.2) is 0 Å². The number of nitrogens with two attached hydrogens (primary N) is 3. The molecule has 0 saturated heterocycles. The van der Waals surface area contributed by atoms with Gasteiger partial charge in [-0.3, -0.25) is 0 Å². The average Bonchev–Trinajstić information content (AvgIpc) is 2.51. The first-order valence-corrected chi connectivity index (χ1v) is 9.35. The smallest absolute Gasteiger partial charge is 0.350 e. The first-order valence-electron chi connectivity index (χ1n) is 5.99. The number of hydrogen-bond acceptors (Lipinski definition) is 13. The van der Waals surface area contributed by atoms with Crippen molar-refractivity contribution >= 4 is 63.6 Å². The van der Waals surface area contributed by atoms with E-state index >= 15 is 0 Å². The number of carbonyl (C=O) groups excluding carboxylic acids is 3. The van der Waals surface area contributed by atoms with Gasteiger partial charge >= 0.3 is 25.7 Å². The molecule has 134 valence electrons. The number of hydrogen-bond donors (Lipinski definition) is 6. The fourth-order valence-electron chi connectivity index (χ4n) is 0.813. The quantitative estimate of drug-likeness (QED) is 0.195. The largest absolute Gasteiger partial charge is 0.653 e. The normalized spacial score (nSPS) is 17.3. The first-order chi connectivity index (χ1) is 10.6. The molecular weight excluding hydrogens is 389 g/mol. The van der Waals surface area contributed by atoms with Crippen molar-refractivity contribution < 1.29 is 32.5 Å². The van der Waals surface area contributed by atoms with Crippen LogP contribution in [0.2, 0.25) is 0 Å². The molecule has 23 heavy (non-hydrogen) atoms. The van der Waals surface area contributed by atoms with E-state index in [1.54, 1.807) is 0 Å². The van der Waals surface area contributed by atoms with E-state index in [0.717, 1.165) is 0 Å². The summed E-state index contributed by atoms with van der Waals surface area (Å²) < 4.78 is 25.6. The zero-order valence-electron chi connectivity index (χ0n) is 11.7. The Labute approximate surface area is 149 Å². The minimum atomic E-state index is -4.98. The third kappa shape index (κ3) is 7.79. The van der Waals surface area contributed by atoms with Crippen LogP contribution in [0.1, 0.15) is 0 Å². The molecule has 0 aliphatic heterocycles. The van der Waals surface area contributed by atoms with E-state index in [0.29, 0.717) is 0 Å². The van der Waals surface area contributed by atoms with Gasteiger partial charge in [-0.2, -0.15) is 42.5 Å². The Hall–Kier alpha value is -0.430. The lowest BCUT2D eigenvalue weighted by Gasteiger charge is -2.20. The van der Waals surface area contributed by atoms with Crippen molar-refractivity contribution in [3.8, 4) is 0 Å². The standard InChI is InChI=1S/C9H18N3O7PS3/c10-4(1-21)7(13)17-20(16,18-8(14)5(11)2-22)19-9(15)6(12)3-23/h4-6,21-23H,1-3,10-12H2. The van der Waals surface area contributed by atoms with Gasteiger partial charge in [-0.05, 0) is 0 Å². The summed E-state index contributed by atoms with van der Waals surface area (Å²) in [5.74, 6) is -4.26. The van der Waals surface area contributed by atoms with Crippen molar-refractivity contribution in [3.05, 3.63) is 0 Å². The van der Waals surface area contributed by atoms with E-state index in [1.165, 1.54) is 0 Å². The highest BCUT2D eigenvalue weighted by Gasteiger charge is 2.42. The zero-order valence-corrected chi connectivity index (χ0v) is 15.3. The van der Waals surface area contributed by atoms with Gasteiger partial charge in [-0.15, -0.1) is 0 Å².